The van der Waals surface area contributed by atoms with Gasteiger partial charge >= 0.3 is 28.9 Å². The number of hydrazone groups is 2. The zero-order chi connectivity index (χ0) is 64.5. The molecule has 85 heavy (non-hydrogen) atoms. The molecule has 2 rings (SSSR count). The van der Waals surface area contributed by atoms with Gasteiger partial charge in [-0.3, -0.25) is 32.6 Å². The summed E-state index contributed by atoms with van der Waals surface area (Å²) >= 11 is 4.30. The van der Waals surface area contributed by atoms with Gasteiger partial charge < -0.3 is 67.6 Å². The number of amides is 3. The number of hydrogen-bond donors (Lipinski definition) is 5. The molecule has 5 N–H and O–H groups in total. The van der Waals surface area contributed by atoms with Crippen LogP contribution in [0.3, 0.4) is 0 Å². The number of hydrogen-bond acceptors (Lipinski definition) is 22. The molecule has 2 unspecified atom stereocenters. The second-order valence-electron chi connectivity index (χ2n) is 19.4. The molecule has 30 heteroatoms. The number of benzene rings is 2. The van der Waals surface area contributed by atoms with Crippen LogP contribution in [0.2, 0.25) is 0 Å². The summed E-state index contributed by atoms with van der Waals surface area (Å²) in [6.07, 6.45) is 4.81. The van der Waals surface area contributed by atoms with E-state index >= 15 is 0 Å². The molecule has 0 aliphatic heterocycles. The lowest BCUT2D eigenvalue weighted by molar-refractivity contribution is -0.124. The van der Waals surface area contributed by atoms with Gasteiger partial charge in [0.2, 0.25) is 24.7 Å². The number of carbonyl (C=O) groups is 4. The Morgan fingerprint density at radius 3 is 1.58 bits per heavy atom. The molecule has 0 aliphatic rings. The summed E-state index contributed by atoms with van der Waals surface area (Å²) < 4.78 is 96.9. The fourth-order valence-corrected chi connectivity index (χ4v) is 18.3. The van der Waals surface area contributed by atoms with E-state index in [4.69, 9.17) is 41.6 Å². The molecule has 0 heterocycles. The van der Waals surface area contributed by atoms with Gasteiger partial charge in [0.05, 0.1) is 58.5 Å². The summed E-state index contributed by atoms with van der Waals surface area (Å²) in [7, 11) is -11.9. The Hall–Kier alpha value is -3.89. The van der Waals surface area contributed by atoms with E-state index in [-0.39, 0.29) is 95.6 Å². The van der Waals surface area contributed by atoms with Gasteiger partial charge in [0.1, 0.15) is 18.4 Å². The average Bonchev–Trinajstić information content (AvgIpc) is 2.77. The average molecular weight is 1300 g/mol. The lowest BCUT2D eigenvalue weighted by Gasteiger charge is -2.31. The van der Waals surface area contributed by atoms with Crippen molar-refractivity contribution in [3.05, 3.63) is 71.8 Å². The number of rotatable bonds is 42. The molecule has 0 spiro atoms. The van der Waals surface area contributed by atoms with Crippen LogP contribution in [0.5, 0.6) is 0 Å². The number of alkyl carbamates (subject to hydrolysis) is 1. The SMILES string of the molecule is CCOP(=O)(OCC)C(CC(=O)CCCN(C)/N=C/c1ccccc1)P(=O)(OCC)OCC.CCOP(C)(=O)C(NC(=O)CCCN(C)/N=C/[C@@H](CC(C)C)NC(=O)[C@@H](NC(=O)OCc1ccccc1)[C@@H](C)CC)P(=O)(OCC)OCC.ONCl. The lowest BCUT2D eigenvalue weighted by atomic mass is 9.97. The molecule has 488 valence electrons. The van der Waals surface area contributed by atoms with Gasteiger partial charge in [-0.05, 0) is 90.7 Å². The van der Waals surface area contributed by atoms with Crippen molar-refractivity contribution in [3.63, 3.8) is 0 Å². The molecular formula is C55H99ClN8O17P4. The minimum absolute atomic E-state index is 0.0233. The molecule has 5 atom stereocenters. The number of halogens is 1. The molecule has 3 amide bonds. The van der Waals surface area contributed by atoms with E-state index in [1.54, 1.807) is 78.0 Å². The summed E-state index contributed by atoms with van der Waals surface area (Å²) in [5.74, 6) is -0.964. The van der Waals surface area contributed by atoms with Crippen LogP contribution in [-0.4, -0.2) is 154 Å². The quantitative estimate of drug-likeness (QED) is 0.0178. The van der Waals surface area contributed by atoms with Crippen molar-refractivity contribution in [3.8, 4) is 0 Å². The Labute approximate surface area is 510 Å². The minimum Gasteiger partial charge on any atom is -0.445 e. The number of nitrogens with zero attached hydrogens (tertiary/aromatic N) is 4. The van der Waals surface area contributed by atoms with Gasteiger partial charge in [0.15, 0.2) is 5.40 Å². The smallest absolute Gasteiger partial charge is 0.408 e. The van der Waals surface area contributed by atoms with Crippen LogP contribution in [0, 0.1) is 11.8 Å². The monoisotopic (exact) mass is 1300 g/mol. The summed E-state index contributed by atoms with van der Waals surface area (Å²) in [5, 5.41) is 26.3. The van der Waals surface area contributed by atoms with E-state index in [1.807, 2.05) is 95.4 Å². The molecule has 0 radical (unpaired) electrons. The van der Waals surface area contributed by atoms with E-state index in [9.17, 15) is 37.4 Å². The summed E-state index contributed by atoms with van der Waals surface area (Å²) in [6, 6.07) is 17.8. The predicted octanol–water partition coefficient (Wildman–Crippen LogP) is 11.8. The van der Waals surface area contributed by atoms with Crippen LogP contribution in [-0.2, 0) is 75.7 Å². The third-order valence-electron chi connectivity index (χ3n) is 11.9. The van der Waals surface area contributed by atoms with Crippen LogP contribution >= 0.6 is 41.9 Å². The van der Waals surface area contributed by atoms with Crippen molar-refractivity contribution in [2.45, 2.75) is 151 Å². The molecular weight excluding hydrogens is 1200 g/mol. The maximum absolute atomic E-state index is 13.5. The van der Waals surface area contributed by atoms with Crippen molar-refractivity contribution in [2.24, 2.45) is 22.0 Å². The Balaban J connectivity index is 0.00000170. The van der Waals surface area contributed by atoms with Crippen LogP contribution < -0.4 is 20.9 Å². The third-order valence-corrected chi connectivity index (χ3v) is 23.8. The fourth-order valence-electron chi connectivity index (χ4n) is 7.89. The first kappa shape index (κ1) is 81.1. The second-order valence-corrected chi connectivity index (χ2v) is 29.5. The molecule has 0 saturated carbocycles. The third kappa shape index (κ3) is 33.3. The molecule has 0 bridgehead atoms. The van der Waals surface area contributed by atoms with Crippen molar-refractivity contribution in [1.82, 2.24) is 31.0 Å². The summed E-state index contributed by atoms with van der Waals surface area (Å²) in [6.45, 7) is 22.2. The zero-order valence-electron chi connectivity index (χ0n) is 52.3. The highest BCUT2D eigenvalue weighted by Gasteiger charge is 2.52. The molecule has 2 aromatic rings. The van der Waals surface area contributed by atoms with Crippen LogP contribution in [0.25, 0.3) is 0 Å². The number of ether oxygens (including phenoxy) is 1. The van der Waals surface area contributed by atoms with Gasteiger partial charge in [0, 0.05) is 71.1 Å². The molecule has 25 nitrogen and oxygen atoms in total. The molecule has 0 saturated heterocycles. The number of carbonyl (C=O) groups excluding carboxylic acids is 4. The zero-order valence-corrected chi connectivity index (χ0v) is 56.7. The Kier molecular flexibility index (Phi) is 43.3. The van der Waals surface area contributed by atoms with E-state index in [0.29, 0.717) is 38.8 Å². The number of Topliss-reactive ketones (excluding diaryl/α,β-unsaturated/α-hetero) is 1. The second kappa shape index (κ2) is 45.4. The maximum Gasteiger partial charge on any atom is 0.408 e. The molecule has 0 aliphatic carbocycles. The standard InChI is InChI=1S/C33H59N5O9P2.C22H38N2O7P2.ClH2NO/c1-10-26(7)30(37-32(41)44-24-27-18-15-14-16-19-27)31(40)35-28(22-25(5)6)23-34-38(8)21-17-20-29(39)36-33(48(9,42)45-11-2)49(43,46-12-3)47-13-4;1-6-28-32(26,29-7-2)22(33(27,30-8-3)31-9-4)18-21(25)16-13-17-24(5)23-19-20-14-11-10-12-15-20;1-2-3/h14-16,18-19,23,25-26,28,30,33H,10-13,17,20-22,24H2,1-9H3,(H,35,40)(H,36,39)(H,37,41);10-12,14-15,19,22H,6-9,13,16-18H2,1-5H3;2-3H/b34-23+;23-19+;/t26-,28+,30-,33?,48?;;/m0../s1. The van der Waals surface area contributed by atoms with Gasteiger partial charge in [0.25, 0.3) is 0 Å². The number of ketones is 1. The lowest BCUT2D eigenvalue weighted by Crippen LogP contribution is -2.53. The van der Waals surface area contributed by atoms with Crippen molar-refractivity contribution in [1.29, 1.82) is 0 Å². The van der Waals surface area contributed by atoms with Gasteiger partial charge in [-0.2, -0.15) is 10.2 Å². The molecule has 2 aromatic carbocycles. The first-order valence-corrected chi connectivity index (χ1v) is 36.1. The van der Waals surface area contributed by atoms with Gasteiger partial charge in [-0.15, -0.1) is 5.00 Å². The fraction of sp³-hybridized carbons (Fsp3) is 0.673. The van der Waals surface area contributed by atoms with Gasteiger partial charge in [-0.25, -0.2) is 4.79 Å². The highest BCUT2D eigenvalue weighted by atomic mass is 35.5. The first-order chi connectivity index (χ1) is 40.3. The largest absolute Gasteiger partial charge is 0.445 e. The first-order valence-electron chi connectivity index (χ1n) is 28.8. The number of nitrogens with one attached hydrogen (secondary N) is 4. The highest BCUT2D eigenvalue weighted by Crippen LogP contribution is 2.71. The van der Waals surface area contributed by atoms with Crippen molar-refractivity contribution >= 4 is 78.1 Å². The Morgan fingerprint density at radius 1 is 0.647 bits per heavy atom. The van der Waals surface area contributed by atoms with Crippen molar-refractivity contribution < 1.29 is 79.0 Å². The van der Waals surface area contributed by atoms with E-state index in [0.717, 1.165) is 11.1 Å². The summed E-state index contributed by atoms with van der Waals surface area (Å²) in [5.41, 5.74) is 0.378. The van der Waals surface area contributed by atoms with Crippen molar-refractivity contribution in [2.75, 3.05) is 80.1 Å². The Bertz CT molecular complexity index is 2380. The van der Waals surface area contributed by atoms with Crippen LogP contribution in [0.4, 0.5) is 4.79 Å². The van der Waals surface area contributed by atoms with E-state index in [1.165, 1.54) is 11.7 Å². The Morgan fingerprint density at radius 2 is 1.11 bits per heavy atom. The molecule has 0 aromatic heterocycles. The van der Waals surface area contributed by atoms with Crippen LogP contribution in [0.1, 0.15) is 132 Å². The maximum atomic E-state index is 13.5. The van der Waals surface area contributed by atoms with Crippen LogP contribution in [0.15, 0.2) is 70.9 Å². The van der Waals surface area contributed by atoms with Gasteiger partial charge in [-0.1, -0.05) is 94.8 Å². The topological polar surface area (TPSA) is 310 Å². The predicted molar refractivity (Wildman–Crippen MR) is 334 cm³/mol. The normalized spacial score (nSPS) is 14.0. The van der Waals surface area contributed by atoms with E-state index in [2.05, 4.69) is 37.9 Å². The molecule has 0 fully saturated rings. The minimum atomic E-state index is -3.99. The summed E-state index contributed by atoms with van der Waals surface area (Å²) in [4.78, 5) is 53.0. The highest BCUT2D eigenvalue weighted by molar-refractivity contribution is 7.74. The van der Waals surface area contributed by atoms with E-state index < -0.39 is 65.2 Å².